The van der Waals surface area contributed by atoms with Crippen LogP contribution < -0.4 is 0 Å². The largest absolute Gasteiger partial charge is 0.259 e. The summed E-state index contributed by atoms with van der Waals surface area (Å²) in [6, 6.07) is 8.15. The summed E-state index contributed by atoms with van der Waals surface area (Å²) in [4.78, 5) is 4.16. The maximum absolute atomic E-state index is 12.7. The number of rotatable bonds is 4. The number of aromatic amines is 1. The molecular formula is C12H9FN4S. The Morgan fingerprint density at radius 3 is 2.83 bits per heavy atom. The zero-order chi connectivity index (χ0) is 12.8. The molecular weight excluding hydrogens is 251 g/mol. The molecule has 0 fully saturated rings. The minimum atomic E-state index is -0.262. The molecule has 0 bridgehead atoms. The van der Waals surface area contributed by atoms with E-state index in [1.54, 1.807) is 24.3 Å². The highest BCUT2D eigenvalue weighted by Crippen LogP contribution is 2.12. The number of hydrogen-bond donors (Lipinski definition) is 1. The topological polar surface area (TPSA) is 65.4 Å². The monoisotopic (exact) mass is 260 g/mol. The second kappa shape index (κ2) is 5.98. The fraction of sp³-hybridized carbons (Fsp3) is 0.0833. The van der Waals surface area contributed by atoms with Gasteiger partial charge in [-0.05, 0) is 23.8 Å². The van der Waals surface area contributed by atoms with Gasteiger partial charge in [0.25, 0.3) is 0 Å². The van der Waals surface area contributed by atoms with Gasteiger partial charge in [0.05, 0.1) is 11.8 Å². The molecule has 2 rings (SSSR count). The Labute approximate surface area is 108 Å². The smallest absolute Gasteiger partial charge is 0.209 e. The summed E-state index contributed by atoms with van der Waals surface area (Å²) in [5, 5.41) is 15.7. The van der Waals surface area contributed by atoms with Gasteiger partial charge in [-0.1, -0.05) is 30.0 Å². The molecule has 0 spiro atoms. The highest BCUT2D eigenvalue weighted by atomic mass is 32.2. The predicted molar refractivity (Wildman–Crippen MR) is 68.0 cm³/mol. The second-order valence-electron chi connectivity index (χ2n) is 3.33. The number of nitriles is 1. The third-order valence-electron chi connectivity index (χ3n) is 2.05. The highest BCUT2D eigenvalue weighted by molar-refractivity contribution is 7.99. The van der Waals surface area contributed by atoms with E-state index in [0.29, 0.717) is 16.7 Å². The summed E-state index contributed by atoms with van der Waals surface area (Å²) in [6.45, 7) is 0. The lowest BCUT2D eigenvalue weighted by molar-refractivity contribution is 0.628. The minimum Gasteiger partial charge on any atom is -0.259 e. The number of aromatic nitrogens is 3. The Bertz CT molecular complexity index is 583. The van der Waals surface area contributed by atoms with E-state index >= 15 is 0 Å². The van der Waals surface area contributed by atoms with Crippen molar-refractivity contribution in [3.63, 3.8) is 0 Å². The molecule has 2 aromatic rings. The van der Waals surface area contributed by atoms with Crippen LogP contribution in [0.5, 0.6) is 0 Å². The van der Waals surface area contributed by atoms with E-state index in [1.165, 1.54) is 23.9 Å². The van der Waals surface area contributed by atoms with Crippen molar-refractivity contribution in [3.8, 4) is 6.07 Å². The summed E-state index contributed by atoms with van der Waals surface area (Å²) in [6.07, 6.45) is 3.55. The molecule has 0 atom stereocenters. The van der Waals surface area contributed by atoms with E-state index in [0.717, 1.165) is 5.56 Å². The second-order valence-corrected chi connectivity index (χ2v) is 4.28. The van der Waals surface area contributed by atoms with Crippen LogP contribution in [0.15, 0.2) is 29.4 Å². The van der Waals surface area contributed by atoms with Crippen molar-refractivity contribution in [1.82, 2.24) is 15.2 Å². The van der Waals surface area contributed by atoms with Crippen LogP contribution in [-0.2, 0) is 0 Å². The number of thioether (sulfide) groups is 1. The third kappa shape index (κ3) is 3.43. The van der Waals surface area contributed by atoms with Crippen LogP contribution in [0.4, 0.5) is 4.39 Å². The molecule has 0 aliphatic carbocycles. The van der Waals surface area contributed by atoms with Gasteiger partial charge < -0.3 is 0 Å². The molecule has 4 nitrogen and oxygen atoms in total. The summed E-state index contributed by atoms with van der Waals surface area (Å²) >= 11 is 1.27. The van der Waals surface area contributed by atoms with Crippen LogP contribution >= 0.6 is 11.8 Å². The molecule has 0 radical (unpaired) electrons. The number of H-pyrrole nitrogens is 1. The first-order chi connectivity index (χ1) is 8.78. The van der Waals surface area contributed by atoms with Gasteiger partial charge in [0.2, 0.25) is 5.16 Å². The van der Waals surface area contributed by atoms with Crippen molar-refractivity contribution < 1.29 is 4.39 Å². The number of hydrogen-bond acceptors (Lipinski definition) is 4. The maximum atomic E-state index is 12.7. The first-order valence-corrected chi connectivity index (χ1v) is 6.12. The Balaban J connectivity index is 2.02. The molecule has 0 unspecified atom stereocenters. The molecule has 0 aliphatic heterocycles. The number of halogens is 1. The van der Waals surface area contributed by atoms with Crippen LogP contribution in [-0.4, -0.2) is 20.9 Å². The van der Waals surface area contributed by atoms with E-state index in [2.05, 4.69) is 15.2 Å². The average molecular weight is 260 g/mol. The highest BCUT2D eigenvalue weighted by Gasteiger charge is 2.00. The van der Waals surface area contributed by atoms with Crippen molar-refractivity contribution in [2.75, 3.05) is 5.75 Å². The average Bonchev–Trinajstić information content (AvgIpc) is 2.84. The van der Waals surface area contributed by atoms with E-state index in [1.807, 2.05) is 6.07 Å². The van der Waals surface area contributed by atoms with Gasteiger partial charge in [-0.3, -0.25) is 5.10 Å². The Hall–Kier alpha value is -2.13. The predicted octanol–water partition coefficient (Wildman–Crippen LogP) is 2.73. The maximum Gasteiger partial charge on any atom is 0.209 e. The molecule has 6 heteroatoms. The van der Waals surface area contributed by atoms with Gasteiger partial charge in [-0.25, -0.2) is 9.37 Å². The van der Waals surface area contributed by atoms with E-state index in [4.69, 9.17) is 5.26 Å². The molecule has 90 valence electrons. The first-order valence-electron chi connectivity index (χ1n) is 5.14. The number of benzene rings is 1. The lowest BCUT2D eigenvalue weighted by atomic mass is 10.2. The quantitative estimate of drug-likeness (QED) is 0.858. The fourth-order valence-corrected chi connectivity index (χ4v) is 1.71. The summed E-state index contributed by atoms with van der Waals surface area (Å²) < 4.78 is 12.7. The zero-order valence-electron chi connectivity index (χ0n) is 9.30. The lowest BCUT2D eigenvalue weighted by Gasteiger charge is -1.91. The molecule has 18 heavy (non-hydrogen) atoms. The normalized spacial score (nSPS) is 10.7. The SMILES string of the molecule is N#CCSc1n[nH]c(/C=C/c2ccc(F)cc2)n1. The van der Waals surface area contributed by atoms with E-state index in [9.17, 15) is 4.39 Å². The van der Waals surface area contributed by atoms with Gasteiger partial charge >= 0.3 is 0 Å². The van der Waals surface area contributed by atoms with E-state index < -0.39 is 0 Å². The molecule has 1 aromatic heterocycles. The van der Waals surface area contributed by atoms with Gasteiger partial charge in [0.15, 0.2) is 0 Å². The van der Waals surface area contributed by atoms with Crippen LogP contribution in [0.3, 0.4) is 0 Å². The third-order valence-corrected chi connectivity index (χ3v) is 2.77. The minimum absolute atomic E-state index is 0.262. The Kier molecular flexibility index (Phi) is 4.10. The molecule has 0 saturated carbocycles. The van der Waals surface area contributed by atoms with Crippen LogP contribution in [0.1, 0.15) is 11.4 Å². The fourth-order valence-electron chi connectivity index (χ4n) is 1.24. The molecule has 0 amide bonds. The van der Waals surface area contributed by atoms with Crippen LogP contribution in [0.2, 0.25) is 0 Å². The summed E-state index contributed by atoms with van der Waals surface area (Å²) in [7, 11) is 0. The number of nitrogens with one attached hydrogen (secondary N) is 1. The van der Waals surface area contributed by atoms with Crippen molar-refractivity contribution >= 4 is 23.9 Å². The molecule has 1 heterocycles. The van der Waals surface area contributed by atoms with Crippen molar-refractivity contribution in [2.24, 2.45) is 0 Å². The van der Waals surface area contributed by atoms with Gasteiger partial charge in [0, 0.05) is 0 Å². The van der Waals surface area contributed by atoms with Crippen LogP contribution in [0, 0.1) is 17.1 Å². The van der Waals surface area contributed by atoms with Gasteiger partial charge in [-0.15, -0.1) is 5.10 Å². The van der Waals surface area contributed by atoms with Gasteiger partial charge in [-0.2, -0.15) is 5.26 Å². The first kappa shape index (κ1) is 12.3. The zero-order valence-corrected chi connectivity index (χ0v) is 10.1. The standard InChI is InChI=1S/C12H9FN4S/c13-10-4-1-9(2-5-10)3-6-11-15-12(17-16-11)18-8-7-14/h1-6H,8H2,(H,15,16,17)/b6-3+. The van der Waals surface area contributed by atoms with Gasteiger partial charge in [0.1, 0.15) is 11.6 Å². The van der Waals surface area contributed by atoms with E-state index in [-0.39, 0.29) is 5.82 Å². The molecule has 0 aliphatic rings. The Morgan fingerprint density at radius 1 is 1.33 bits per heavy atom. The molecule has 1 aromatic carbocycles. The molecule has 1 N–H and O–H groups in total. The lowest BCUT2D eigenvalue weighted by Crippen LogP contribution is -1.77. The van der Waals surface area contributed by atoms with Crippen molar-refractivity contribution in [1.29, 1.82) is 5.26 Å². The molecule has 0 saturated heterocycles. The van der Waals surface area contributed by atoms with Crippen molar-refractivity contribution in [3.05, 3.63) is 41.5 Å². The number of nitrogens with zero attached hydrogens (tertiary/aromatic N) is 3. The van der Waals surface area contributed by atoms with Crippen LogP contribution in [0.25, 0.3) is 12.2 Å². The van der Waals surface area contributed by atoms with Crippen molar-refractivity contribution in [2.45, 2.75) is 5.16 Å². The summed E-state index contributed by atoms with van der Waals surface area (Å²) in [5.41, 5.74) is 0.874. The summed E-state index contributed by atoms with van der Waals surface area (Å²) in [5.74, 6) is 0.653. The Morgan fingerprint density at radius 2 is 2.11 bits per heavy atom.